The zero-order valence-corrected chi connectivity index (χ0v) is 16.3. The molecular formula is C20H29FN6. The van der Waals surface area contributed by atoms with Crippen molar-refractivity contribution in [3.8, 4) is 0 Å². The fraction of sp³-hybridized carbons (Fsp3) is 0.550. The number of aliphatic imine (C=N–C) groups is 1. The monoisotopic (exact) mass is 372 g/mol. The normalized spacial score (nSPS) is 14.6. The Bertz CT molecular complexity index is 783. The molecule has 1 aromatic heterocycles. The summed E-state index contributed by atoms with van der Waals surface area (Å²) in [5.74, 6) is 2.76. The van der Waals surface area contributed by atoms with Gasteiger partial charge in [-0.05, 0) is 49.4 Å². The summed E-state index contributed by atoms with van der Waals surface area (Å²) in [7, 11) is 1.77. The number of nitrogens with one attached hydrogen (secondary N) is 2. The summed E-state index contributed by atoms with van der Waals surface area (Å²) in [5, 5.41) is 15.4. The van der Waals surface area contributed by atoms with Crippen molar-refractivity contribution < 1.29 is 4.39 Å². The van der Waals surface area contributed by atoms with Crippen molar-refractivity contribution in [3.63, 3.8) is 0 Å². The molecule has 0 saturated carbocycles. The van der Waals surface area contributed by atoms with E-state index in [2.05, 4.69) is 30.4 Å². The van der Waals surface area contributed by atoms with Gasteiger partial charge >= 0.3 is 0 Å². The Hall–Kier alpha value is -2.44. The first-order chi connectivity index (χ1) is 13.2. The van der Waals surface area contributed by atoms with Crippen LogP contribution in [0.25, 0.3) is 0 Å². The molecule has 1 aliphatic heterocycles. The third kappa shape index (κ3) is 5.28. The van der Waals surface area contributed by atoms with Crippen molar-refractivity contribution in [2.75, 3.05) is 20.1 Å². The van der Waals surface area contributed by atoms with Crippen LogP contribution in [0.5, 0.6) is 0 Å². The molecule has 0 bridgehead atoms. The Morgan fingerprint density at radius 2 is 1.96 bits per heavy atom. The minimum Gasteiger partial charge on any atom is -0.356 e. The van der Waals surface area contributed by atoms with Gasteiger partial charge in [-0.15, -0.1) is 10.2 Å². The molecule has 0 fully saturated rings. The number of aromatic nitrogens is 3. The summed E-state index contributed by atoms with van der Waals surface area (Å²) in [4.78, 5) is 4.27. The number of rotatable bonds is 6. The average molecular weight is 372 g/mol. The lowest BCUT2D eigenvalue weighted by molar-refractivity contribution is 0.600. The van der Waals surface area contributed by atoms with Gasteiger partial charge in [0.2, 0.25) is 0 Å². The van der Waals surface area contributed by atoms with E-state index in [1.54, 1.807) is 13.1 Å². The highest BCUT2D eigenvalue weighted by Gasteiger charge is 2.14. The Morgan fingerprint density at radius 1 is 1.15 bits per heavy atom. The highest BCUT2D eigenvalue weighted by Crippen LogP contribution is 2.14. The Kier molecular flexibility index (Phi) is 6.79. The van der Waals surface area contributed by atoms with E-state index in [-0.39, 0.29) is 5.82 Å². The number of guanidine groups is 1. The number of hydrogen-bond donors (Lipinski definition) is 2. The molecule has 2 N–H and O–H groups in total. The van der Waals surface area contributed by atoms with Crippen LogP contribution in [0.4, 0.5) is 4.39 Å². The van der Waals surface area contributed by atoms with Gasteiger partial charge in [-0.3, -0.25) is 4.99 Å². The Morgan fingerprint density at radius 3 is 2.74 bits per heavy atom. The molecule has 0 unspecified atom stereocenters. The maximum absolute atomic E-state index is 13.2. The van der Waals surface area contributed by atoms with E-state index < -0.39 is 0 Å². The lowest BCUT2D eigenvalue weighted by Crippen LogP contribution is -2.39. The van der Waals surface area contributed by atoms with Crippen molar-refractivity contribution in [2.45, 2.75) is 52.0 Å². The van der Waals surface area contributed by atoms with Gasteiger partial charge in [0.15, 0.2) is 5.96 Å². The van der Waals surface area contributed by atoms with Crippen molar-refractivity contribution >= 4 is 5.96 Å². The van der Waals surface area contributed by atoms with Crippen molar-refractivity contribution in [2.24, 2.45) is 4.99 Å². The fourth-order valence-electron chi connectivity index (χ4n) is 3.50. The maximum atomic E-state index is 13.2. The largest absolute Gasteiger partial charge is 0.356 e. The van der Waals surface area contributed by atoms with Gasteiger partial charge in [-0.1, -0.05) is 12.5 Å². The molecule has 0 atom stereocenters. The molecule has 7 heteroatoms. The van der Waals surface area contributed by atoms with Crippen LogP contribution in [0.15, 0.2) is 23.2 Å². The van der Waals surface area contributed by atoms with Crippen LogP contribution in [0.2, 0.25) is 0 Å². The average Bonchev–Trinajstić information content (AvgIpc) is 2.88. The Labute approximate surface area is 160 Å². The van der Waals surface area contributed by atoms with Crippen LogP contribution in [-0.4, -0.2) is 40.9 Å². The number of halogens is 1. The molecule has 3 rings (SSSR count). The topological polar surface area (TPSA) is 67.1 Å². The van der Waals surface area contributed by atoms with E-state index in [1.807, 2.05) is 13.0 Å². The fourth-order valence-corrected chi connectivity index (χ4v) is 3.50. The molecule has 6 nitrogen and oxygen atoms in total. The summed E-state index contributed by atoms with van der Waals surface area (Å²) in [6, 6.07) is 4.93. The highest BCUT2D eigenvalue weighted by molar-refractivity contribution is 5.79. The molecule has 2 heterocycles. The first kappa shape index (κ1) is 19.3. The Balaban J connectivity index is 1.44. The van der Waals surface area contributed by atoms with Crippen molar-refractivity contribution in [1.29, 1.82) is 0 Å². The quantitative estimate of drug-likeness (QED) is 0.604. The summed E-state index contributed by atoms with van der Waals surface area (Å²) in [5.41, 5.74) is 2.12. The van der Waals surface area contributed by atoms with Gasteiger partial charge in [-0.2, -0.15) is 0 Å². The van der Waals surface area contributed by atoms with Crippen molar-refractivity contribution in [1.82, 2.24) is 25.4 Å². The molecular weight excluding hydrogens is 343 g/mol. The maximum Gasteiger partial charge on any atom is 0.191 e. The molecule has 1 aromatic carbocycles. The second-order valence-corrected chi connectivity index (χ2v) is 6.99. The zero-order chi connectivity index (χ0) is 19.1. The lowest BCUT2D eigenvalue weighted by Gasteiger charge is -2.13. The number of fused-ring (bicyclic) bond motifs is 1. The van der Waals surface area contributed by atoms with Crippen LogP contribution in [0, 0.1) is 12.7 Å². The van der Waals surface area contributed by atoms with Gasteiger partial charge in [-0.25, -0.2) is 4.39 Å². The molecule has 27 heavy (non-hydrogen) atoms. The SMILES string of the molecule is CN=C(NCCc1ccc(F)cc1C)NCCc1nnc2n1CCCCC2. The van der Waals surface area contributed by atoms with Gasteiger partial charge in [0, 0.05) is 39.5 Å². The molecule has 0 spiro atoms. The van der Waals surface area contributed by atoms with E-state index in [9.17, 15) is 4.39 Å². The van der Waals surface area contributed by atoms with E-state index in [4.69, 9.17) is 0 Å². The second-order valence-electron chi connectivity index (χ2n) is 6.99. The summed E-state index contributed by atoms with van der Waals surface area (Å²) < 4.78 is 15.5. The summed E-state index contributed by atoms with van der Waals surface area (Å²) >= 11 is 0. The molecule has 146 valence electrons. The van der Waals surface area contributed by atoms with Gasteiger partial charge in [0.1, 0.15) is 17.5 Å². The predicted octanol–water partition coefficient (Wildman–Crippen LogP) is 2.40. The highest BCUT2D eigenvalue weighted by atomic mass is 19.1. The molecule has 0 aliphatic carbocycles. The number of aryl methyl sites for hydroxylation is 2. The standard InChI is InChI=1S/C20H29FN6/c1-15-14-17(21)8-7-16(15)9-11-23-20(22-2)24-12-10-19-26-25-18-6-4-3-5-13-27(18)19/h7-8,14H,3-6,9-13H2,1-2H3,(H2,22,23,24). The van der Waals surface area contributed by atoms with Crippen LogP contribution in [0.1, 0.15) is 42.0 Å². The second kappa shape index (κ2) is 9.48. The number of hydrogen-bond acceptors (Lipinski definition) is 3. The van der Waals surface area contributed by atoms with Crippen LogP contribution >= 0.6 is 0 Å². The smallest absolute Gasteiger partial charge is 0.191 e. The van der Waals surface area contributed by atoms with Crippen LogP contribution in [0.3, 0.4) is 0 Å². The zero-order valence-electron chi connectivity index (χ0n) is 16.3. The lowest BCUT2D eigenvalue weighted by atomic mass is 10.1. The van der Waals surface area contributed by atoms with Crippen LogP contribution in [-0.2, 0) is 25.8 Å². The predicted molar refractivity (Wildman–Crippen MR) is 105 cm³/mol. The number of benzene rings is 1. The van der Waals surface area contributed by atoms with E-state index in [1.165, 1.54) is 25.3 Å². The number of nitrogens with zero attached hydrogens (tertiary/aromatic N) is 4. The third-order valence-electron chi connectivity index (χ3n) is 5.04. The summed E-state index contributed by atoms with van der Waals surface area (Å²) in [6.07, 6.45) is 6.37. The van der Waals surface area contributed by atoms with Crippen molar-refractivity contribution in [3.05, 3.63) is 46.8 Å². The first-order valence-electron chi connectivity index (χ1n) is 9.78. The molecule has 2 aromatic rings. The molecule has 0 radical (unpaired) electrons. The van der Waals surface area contributed by atoms with E-state index in [0.29, 0.717) is 0 Å². The minimum absolute atomic E-state index is 0.187. The minimum atomic E-state index is -0.187. The van der Waals surface area contributed by atoms with Crippen LogP contribution < -0.4 is 10.6 Å². The van der Waals surface area contributed by atoms with E-state index >= 15 is 0 Å². The molecule has 0 amide bonds. The third-order valence-corrected chi connectivity index (χ3v) is 5.04. The first-order valence-corrected chi connectivity index (χ1v) is 9.78. The van der Waals surface area contributed by atoms with Gasteiger partial charge in [0.25, 0.3) is 0 Å². The molecule has 0 saturated heterocycles. The van der Waals surface area contributed by atoms with E-state index in [0.717, 1.165) is 67.6 Å². The molecule has 1 aliphatic rings. The summed E-state index contributed by atoms with van der Waals surface area (Å²) in [6.45, 7) is 4.47. The van der Waals surface area contributed by atoms with Gasteiger partial charge in [0.05, 0.1) is 0 Å². The van der Waals surface area contributed by atoms with Gasteiger partial charge < -0.3 is 15.2 Å².